The van der Waals surface area contributed by atoms with Crippen molar-refractivity contribution in [3.8, 4) is 0 Å². The van der Waals surface area contributed by atoms with E-state index in [9.17, 15) is 9.36 Å². The van der Waals surface area contributed by atoms with Crippen LogP contribution in [0.2, 0.25) is 0 Å². The van der Waals surface area contributed by atoms with Crippen LogP contribution in [0.15, 0.2) is 29.3 Å². The Balaban J connectivity index is 4.45. The molecule has 9 nitrogen and oxygen atoms in total. The first-order chi connectivity index (χ1) is 25.9. The minimum atomic E-state index is -3.74. The highest BCUT2D eigenvalue weighted by Crippen LogP contribution is 2.45. The average molecular weight is 769 g/mol. The van der Waals surface area contributed by atoms with Crippen molar-refractivity contribution in [3.05, 3.63) is 24.3 Å². The summed E-state index contributed by atoms with van der Waals surface area (Å²) in [7, 11) is -2.42. The molecule has 0 saturated carbocycles. The molecule has 0 bridgehead atoms. The average Bonchev–Trinajstić information content (AvgIpc) is 3.15. The summed E-state index contributed by atoms with van der Waals surface area (Å²) < 4.78 is 30.6. The molecular formula is C43H85N4O5P. The molecule has 0 rings (SSSR count). The summed E-state index contributed by atoms with van der Waals surface area (Å²) in [5.41, 5.74) is 10.9. The summed E-state index contributed by atoms with van der Waals surface area (Å²) in [6.45, 7) is 5.50. The number of nitrogens with one attached hydrogen (secondary N) is 1. The van der Waals surface area contributed by atoms with Crippen molar-refractivity contribution < 1.29 is 23.1 Å². The number of rotatable bonds is 41. The number of methoxy groups -OCH3 is 1. The zero-order chi connectivity index (χ0) is 38.9. The predicted octanol–water partition coefficient (Wildman–Crippen LogP) is 12.4. The van der Waals surface area contributed by atoms with Gasteiger partial charge in [0.15, 0.2) is 5.96 Å². The molecule has 10 heteroatoms. The molecule has 0 radical (unpaired) electrons. The number of allylic oxidation sites excluding steroid dienone is 4. The van der Waals surface area contributed by atoms with Crippen LogP contribution in [0, 0.1) is 0 Å². The van der Waals surface area contributed by atoms with E-state index in [0.29, 0.717) is 32.6 Å². The fourth-order valence-corrected chi connectivity index (χ4v) is 7.83. The fourth-order valence-electron chi connectivity index (χ4n) is 6.25. The molecule has 0 aliphatic carbocycles. The molecule has 0 saturated heterocycles. The van der Waals surface area contributed by atoms with Crippen LogP contribution in [0.4, 0.5) is 0 Å². The van der Waals surface area contributed by atoms with Crippen molar-refractivity contribution >= 4 is 19.7 Å². The number of ether oxygens (including phenoxy) is 1. The van der Waals surface area contributed by atoms with E-state index in [1.807, 2.05) is 0 Å². The highest BCUT2D eigenvalue weighted by Gasteiger charge is 2.32. The molecule has 0 heterocycles. The Hall–Kier alpha value is -1.67. The van der Waals surface area contributed by atoms with Gasteiger partial charge < -0.3 is 16.2 Å². The van der Waals surface area contributed by atoms with E-state index in [4.69, 9.17) is 25.3 Å². The van der Waals surface area contributed by atoms with E-state index in [2.05, 4.69) is 48.2 Å². The second-order valence-electron chi connectivity index (χ2n) is 14.7. The van der Waals surface area contributed by atoms with Gasteiger partial charge in [0.1, 0.15) is 6.04 Å². The topological polar surface area (TPSA) is 138 Å². The SMILES string of the molecule is CCCCCCCC/C=C\CCCCCCCCOP(=O)(N[C@@H](CCCN=C(N)N)C(=O)OC)OCCCCCCCC/C=C\CCCCCCCC. The Morgan fingerprint density at radius 3 is 1.30 bits per heavy atom. The van der Waals surface area contributed by atoms with Crippen LogP contribution in [0.3, 0.4) is 0 Å². The minimum absolute atomic E-state index is 0.00352. The molecular weight excluding hydrogens is 683 g/mol. The van der Waals surface area contributed by atoms with Crippen LogP contribution in [-0.2, 0) is 23.1 Å². The molecule has 0 aromatic carbocycles. The number of carbonyl (C=O) groups excluding carboxylic acids is 1. The Morgan fingerprint density at radius 2 is 0.943 bits per heavy atom. The van der Waals surface area contributed by atoms with Crippen LogP contribution in [0.25, 0.3) is 0 Å². The lowest BCUT2D eigenvalue weighted by Gasteiger charge is -2.24. The lowest BCUT2D eigenvalue weighted by molar-refractivity contribution is -0.143. The summed E-state index contributed by atoms with van der Waals surface area (Å²) in [4.78, 5) is 16.6. The number of hydrogen-bond donors (Lipinski definition) is 3. The summed E-state index contributed by atoms with van der Waals surface area (Å²) in [6, 6.07) is -0.847. The Morgan fingerprint density at radius 1 is 0.585 bits per heavy atom. The van der Waals surface area contributed by atoms with Crippen molar-refractivity contribution in [1.29, 1.82) is 0 Å². The van der Waals surface area contributed by atoms with Gasteiger partial charge in [0.05, 0.1) is 20.3 Å². The molecule has 0 spiro atoms. The molecule has 0 unspecified atom stereocenters. The van der Waals surface area contributed by atoms with Gasteiger partial charge in [-0.2, -0.15) is 0 Å². The van der Waals surface area contributed by atoms with Crippen LogP contribution >= 0.6 is 7.75 Å². The molecule has 0 aliphatic heterocycles. The van der Waals surface area contributed by atoms with E-state index in [-0.39, 0.29) is 5.96 Å². The second kappa shape index (κ2) is 40.0. The van der Waals surface area contributed by atoms with E-state index in [1.165, 1.54) is 136 Å². The van der Waals surface area contributed by atoms with Crippen molar-refractivity contribution in [2.45, 2.75) is 213 Å². The second-order valence-corrected chi connectivity index (χ2v) is 16.5. The van der Waals surface area contributed by atoms with Gasteiger partial charge in [0.25, 0.3) is 0 Å². The molecule has 0 aromatic rings. The van der Waals surface area contributed by atoms with Crippen LogP contribution in [0.1, 0.15) is 206 Å². The van der Waals surface area contributed by atoms with Gasteiger partial charge in [0.2, 0.25) is 0 Å². The fraction of sp³-hybridized carbons (Fsp3) is 0.860. The number of carbonyl (C=O) groups is 1. The summed E-state index contributed by atoms with van der Waals surface area (Å²) in [5, 5.41) is 2.89. The van der Waals surface area contributed by atoms with Crippen LogP contribution in [0.5, 0.6) is 0 Å². The maximum Gasteiger partial charge on any atom is 0.406 e. The standard InChI is InChI=1S/C43H85N4O5P/c1-4-6-8-10-12-14-16-18-20-22-24-26-28-30-32-34-39-51-53(49,47-41(42(48)50-3)37-36-38-46-43(44)45)52-40-35-33-31-29-27-25-23-21-19-17-15-13-11-9-7-5-2/h18-21,41H,4-17,22-40H2,1-3H3,(H,47,49)(H4,44,45,46)/b20-18-,21-19-/t41-/m0/s1. The third kappa shape index (κ3) is 37.0. The number of hydrogen-bond acceptors (Lipinski definition) is 6. The number of guanidine groups is 1. The summed E-state index contributed by atoms with van der Waals surface area (Å²) in [5.74, 6) is -0.521. The van der Waals surface area contributed by atoms with Crippen molar-refractivity contribution in [1.82, 2.24) is 5.09 Å². The van der Waals surface area contributed by atoms with Crippen molar-refractivity contribution in [2.24, 2.45) is 16.5 Å². The molecule has 0 aliphatic rings. The molecule has 53 heavy (non-hydrogen) atoms. The zero-order valence-electron chi connectivity index (χ0n) is 34.8. The van der Waals surface area contributed by atoms with Gasteiger partial charge in [-0.05, 0) is 77.0 Å². The Bertz CT molecular complexity index is 894. The Kier molecular flexibility index (Phi) is 38.7. The normalized spacial score (nSPS) is 12.6. The summed E-state index contributed by atoms with van der Waals surface area (Å²) >= 11 is 0. The number of esters is 1. The first-order valence-corrected chi connectivity index (χ1v) is 23.5. The number of unbranched alkanes of at least 4 members (excludes halogenated alkanes) is 24. The van der Waals surface area contributed by atoms with E-state index < -0.39 is 19.8 Å². The van der Waals surface area contributed by atoms with Gasteiger partial charge in [-0.25, -0.2) is 9.65 Å². The van der Waals surface area contributed by atoms with Gasteiger partial charge in [-0.3, -0.25) is 18.8 Å². The molecule has 1 atom stereocenters. The smallest absolute Gasteiger partial charge is 0.406 e. The number of aliphatic imine (C=N–C) groups is 1. The van der Waals surface area contributed by atoms with E-state index in [1.54, 1.807) is 0 Å². The third-order valence-corrected chi connectivity index (χ3v) is 11.3. The highest BCUT2D eigenvalue weighted by atomic mass is 31.2. The molecule has 5 N–H and O–H groups in total. The monoisotopic (exact) mass is 769 g/mol. The molecule has 0 amide bonds. The maximum atomic E-state index is 13.9. The van der Waals surface area contributed by atoms with Gasteiger partial charge in [0, 0.05) is 6.54 Å². The van der Waals surface area contributed by atoms with Crippen molar-refractivity contribution in [3.63, 3.8) is 0 Å². The van der Waals surface area contributed by atoms with Crippen LogP contribution < -0.4 is 16.6 Å². The third-order valence-electron chi connectivity index (χ3n) is 9.58. The van der Waals surface area contributed by atoms with Crippen LogP contribution in [-0.4, -0.2) is 44.8 Å². The van der Waals surface area contributed by atoms with E-state index in [0.717, 1.165) is 51.4 Å². The lowest BCUT2D eigenvalue weighted by atomic mass is 10.1. The molecule has 0 fully saturated rings. The largest absolute Gasteiger partial charge is 0.468 e. The van der Waals surface area contributed by atoms with E-state index >= 15 is 0 Å². The van der Waals surface area contributed by atoms with Gasteiger partial charge in [-0.1, -0.05) is 154 Å². The highest BCUT2D eigenvalue weighted by molar-refractivity contribution is 7.51. The lowest BCUT2D eigenvalue weighted by Crippen LogP contribution is -2.37. The zero-order valence-corrected chi connectivity index (χ0v) is 35.7. The Labute approximate surface area is 327 Å². The number of nitrogens with zero attached hydrogens (tertiary/aromatic N) is 1. The first-order valence-electron chi connectivity index (χ1n) is 22.0. The molecule has 312 valence electrons. The maximum absolute atomic E-state index is 13.9. The number of nitrogens with two attached hydrogens (primary N) is 2. The molecule has 0 aromatic heterocycles. The van der Waals surface area contributed by atoms with Gasteiger partial charge >= 0.3 is 13.7 Å². The van der Waals surface area contributed by atoms with Gasteiger partial charge in [-0.15, -0.1) is 0 Å². The summed E-state index contributed by atoms with van der Waals surface area (Å²) in [6.07, 6.45) is 44.3. The first kappa shape index (κ1) is 51.3. The quantitative estimate of drug-likeness (QED) is 0.0140. The van der Waals surface area contributed by atoms with Crippen molar-refractivity contribution in [2.75, 3.05) is 26.9 Å². The minimum Gasteiger partial charge on any atom is -0.468 e. The predicted molar refractivity (Wildman–Crippen MR) is 227 cm³/mol.